The van der Waals surface area contributed by atoms with E-state index in [-0.39, 0.29) is 5.92 Å². The zero-order valence-corrected chi connectivity index (χ0v) is 17.3. The third-order valence-electron chi connectivity index (χ3n) is 5.88. The highest BCUT2D eigenvalue weighted by molar-refractivity contribution is 6.03. The van der Waals surface area contributed by atoms with Crippen LogP contribution in [0.1, 0.15) is 18.4 Å². The van der Waals surface area contributed by atoms with Crippen LogP contribution in [0.15, 0.2) is 59.7 Å². The predicted octanol–water partition coefficient (Wildman–Crippen LogP) is 1.59. The number of benzene rings is 2. The molecule has 0 aliphatic carbocycles. The van der Waals surface area contributed by atoms with Gasteiger partial charge in [-0.3, -0.25) is 16.6 Å². The second kappa shape index (κ2) is 9.11. The molecule has 0 bridgehead atoms. The summed E-state index contributed by atoms with van der Waals surface area (Å²) in [5, 5.41) is 10.5. The Kier molecular flexibility index (Phi) is 6.31. The Morgan fingerprint density at radius 3 is 2.37 bits per heavy atom. The number of methoxy groups -OCH3 is 1. The van der Waals surface area contributed by atoms with Crippen molar-refractivity contribution < 1.29 is 9.47 Å². The maximum absolute atomic E-state index is 6.45. The molecule has 2 atom stereocenters. The average Bonchev–Trinajstić information content (AvgIpc) is 3.26. The first kappa shape index (κ1) is 20.8. The number of piperidine rings is 1. The van der Waals surface area contributed by atoms with Crippen molar-refractivity contribution in [3.63, 3.8) is 0 Å². The van der Waals surface area contributed by atoms with Gasteiger partial charge in [0, 0.05) is 13.2 Å². The Morgan fingerprint density at radius 2 is 1.73 bits per heavy atom. The molecule has 4 rings (SSSR count). The molecular weight excluding hydrogens is 380 g/mol. The van der Waals surface area contributed by atoms with Gasteiger partial charge in [-0.05, 0) is 67.9 Å². The second-order valence-corrected chi connectivity index (χ2v) is 7.72. The van der Waals surface area contributed by atoms with Gasteiger partial charge in [0.2, 0.25) is 0 Å². The van der Waals surface area contributed by atoms with Crippen LogP contribution in [0.4, 0.5) is 0 Å². The van der Waals surface area contributed by atoms with Crippen LogP contribution in [0.2, 0.25) is 0 Å². The summed E-state index contributed by atoms with van der Waals surface area (Å²) in [5.41, 5.74) is 10.9. The van der Waals surface area contributed by atoms with Crippen molar-refractivity contribution in [3.05, 3.63) is 60.2 Å². The molecule has 0 amide bonds. The molecular formula is C22H30N6O2. The third-order valence-corrected chi connectivity index (χ3v) is 5.88. The molecule has 6 N–H and O–H groups in total. The molecule has 2 heterocycles. The summed E-state index contributed by atoms with van der Waals surface area (Å²) in [7, 11) is 1.56. The van der Waals surface area contributed by atoms with Crippen molar-refractivity contribution >= 4 is 5.71 Å². The van der Waals surface area contributed by atoms with Gasteiger partial charge in [-0.15, -0.1) is 0 Å². The van der Waals surface area contributed by atoms with Crippen LogP contribution in [0.3, 0.4) is 0 Å². The van der Waals surface area contributed by atoms with Crippen LogP contribution in [0.25, 0.3) is 0 Å². The van der Waals surface area contributed by atoms with E-state index in [4.69, 9.17) is 26.2 Å². The van der Waals surface area contributed by atoms with Gasteiger partial charge in [0.15, 0.2) is 5.85 Å². The number of para-hydroxylation sites is 1. The number of hydrazine groups is 1. The Balaban J connectivity index is 1.59. The number of nitrogens with one attached hydrogen (secondary N) is 2. The molecule has 8 heteroatoms. The number of rotatable bonds is 7. The molecule has 1 saturated heterocycles. The minimum Gasteiger partial charge on any atom is -0.457 e. The molecule has 2 aromatic rings. The molecule has 1 fully saturated rings. The van der Waals surface area contributed by atoms with E-state index < -0.39 is 5.85 Å². The van der Waals surface area contributed by atoms with Gasteiger partial charge >= 0.3 is 0 Å². The summed E-state index contributed by atoms with van der Waals surface area (Å²) in [4.78, 5) is 0. The number of hydrogen-bond acceptors (Lipinski definition) is 8. The van der Waals surface area contributed by atoms with Crippen molar-refractivity contribution in [2.24, 2.45) is 22.6 Å². The van der Waals surface area contributed by atoms with Crippen molar-refractivity contribution in [1.82, 2.24) is 15.8 Å². The molecule has 0 spiro atoms. The molecule has 0 aromatic heterocycles. The molecule has 8 nitrogen and oxygen atoms in total. The molecule has 30 heavy (non-hydrogen) atoms. The highest BCUT2D eigenvalue weighted by Crippen LogP contribution is 2.31. The van der Waals surface area contributed by atoms with Crippen molar-refractivity contribution in [2.45, 2.75) is 24.7 Å². The van der Waals surface area contributed by atoms with Crippen LogP contribution in [0.5, 0.6) is 11.5 Å². The van der Waals surface area contributed by atoms with Crippen molar-refractivity contribution in [3.8, 4) is 11.5 Å². The smallest absolute Gasteiger partial charge is 0.194 e. The van der Waals surface area contributed by atoms with Crippen molar-refractivity contribution in [2.75, 3.05) is 26.7 Å². The van der Waals surface area contributed by atoms with Gasteiger partial charge in [-0.25, -0.2) is 5.43 Å². The van der Waals surface area contributed by atoms with Gasteiger partial charge in [0.05, 0.1) is 18.2 Å². The highest BCUT2D eigenvalue weighted by Gasteiger charge is 2.44. The molecule has 2 aliphatic heterocycles. The van der Waals surface area contributed by atoms with E-state index in [2.05, 4.69) is 15.8 Å². The Hall–Kier alpha value is -2.49. The lowest BCUT2D eigenvalue weighted by molar-refractivity contribution is -0.0657. The summed E-state index contributed by atoms with van der Waals surface area (Å²) in [6.45, 7) is 2.64. The lowest BCUT2D eigenvalue weighted by Gasteiger charge is -2.35. The largest absolute Gasteiger partial charge is 0.457 e. The van der Waals surface area contributed by atoms with Gasteiger partial charge in [-0.2, -0.15) is 5.10 Å². The summed E-state index contributed by atoms with van der Waals surface area (Å²) in [6, 6.07) is 18.0. The highest BCUT2D eigenvalue weighted by atomic mass is 16.5. The first-order valence-corrected chi connectivity index (χ1v) is 10.3. The standard InChI is InChI=1S/C22H30N6O2/c1-29-22(23,27-24)20-15-28(17-11-13-25-14-12-17)26-21(20)16-7-9-19(10-8-16)30-18-5-3-2-4-6-18/h2-10,17,20,25,27H,11-15,23-24H2,1H3. The second-order valence-electron chi connectivity index (χ2n) is 7.72. The Morgan fingerprint density at radius 1 is 1.07 bits per heavy atom. The van der Waals surface area contributed by atoms with E-state index in [1.807, 2.05) is 54.6 Å². The quantitative estimate of drug-likeness (QED) is 0.312. The maximum Gasteiger partial charge on any atom is 0.194 e. The fraction of sp³-hybridized carbons (Fsp3) is 0.409. The topological polar surface area (TPSA) is 110 Å². The molecule has 0 saturated carbocycles. The van der Waals surface area contributed by atoms with E-state index in [1.165, 1.54) is 0 Å². The van der Waals surface area contributed by atoms with Crippen LogP contribution < -0.4 is 27.1 Å². The van der Waals surface area contributed by atoms with E-state index in [9.17, 15) is 0 Å². The maximum atomic E-state index is 6.45. The minimum absolute atomic E-state index is 0.219. The van der Waals surface area contributed by atoms with Gasteiger partial charge in [-0.1, -0.05) is 18.2 Å². The number of hydrogen-bond donors (Lipinski definition) is 4. The minimum atomic E-state index is -1.21. The first-order valence-electron chi connectivity index (χ1n) is 10.3. The molecule has 2 unspecified atom stereocenters. The summed E-state index contributed by atoms with van der Waals surface area (Å²) in [5.74, 6) is 5.90. The van der Waals surface area contributed by atoms with Gasteiger partial charge in [0.25, 0.3) is 0 Å². The normalized spacial score (nSPS) is 21.9. The van der Waals surface area contributed by atoms with Crippen LogP contribution in [-0.4, -0.2) is 49.4 Å². The lowest BCUT2D eigenvalue weighted by Crippen LogP contribution is -2.65. The van der Waals surface area contributed by atoms with Crippen molar-refractivity contribution in [1.29, 1.82) is 0 Å². The Bertz CT molecular complexity index is 848. The van der Waals surface area contributed by atoms with E-state index in [1.54, 1.807) is 7.11 Å². The molecule has 2 aromatic carbocycles. The third kappa shape index (κ3) is 4.33. The fourth-order valence-electron chi connectivity index (χ4n) is 4.08. The zero-order valence-electron chi connectivity index (χ0n) is 17.3. The van der Waals surface area contributed by atoms with Crippen LogP contribution >= 0.6 is 0 Å². The van der Waals surface area contributed by atoms with E-state index >= 15 is 0 Å². The van der Waals surface area contributed by atoms with Crippen LogP contribution in [-0.2, 0) is 4.74 Å². The number of ether oxygens (including phenoxy) is 2. The lowest BCUT2D eigenvalue weighted by atomic mass is 9.92. The first-order chi connectivity index (χ1) is 14.6. The Labute approximate surface area is 177 Å². The number of nitrogens with two attached hydrogens (primary N) is 2. The van der Waals surface area contributed by atoms with E-state index in [0.29, 0.717) is 12.6 Å². The van der Waals surface area contributed by atoms with Crippen LogP contribution in [0, 0.1) is 5.92 Å². The SMILES string of the molecule is COC(N)(NN)C1CN(C2CCNCC2)N=C1c1ccc(Oc2ccccc2)cc1. The molecule has 160 valence electrons. The predicted molar refractivity (Wildman–Crippen MR) is 117 cm³/mol. The van der Waals surface area contributed by atoms with Gasteiger partial charge in [0.1, 0.15) is 11.5 Å². The average molecular weight is 411 g/mol. The summed E-state index contributed by atoms with van der Waals surface area (Å²) < 4.78 is 11.5. The van der Waals surface area contributed by atoms with Gasteiger partial charge < -0.3 is 14.8 Å². The summed E-state index contributed by atoms with van der Waals surface area (Å²) in [6.07, 6.45) is 2.10. The zero-order chi connectivity index (χ0) is 21.0. The molecule has 2 aliphatic rings. The monoisotopic (exact) mass is 410 g/mol. The molecule has 0 radical (unpaired) electrons. The number of nitrogens with zero attached hydrogens (tertiary/aromatic N) is 2. The summed E-state index contributed by atoms with van der Waals surface area (Å²) >= 11 is 0. The number of hydrazone groups is 1. The fourth-order valence-corrected chi connectivity index (χ4v) is 4.08. The van der Waals surface area contributed by atoms with E-state index in [0.717, 1.165) is 48.7 Å².